The quantitative estimate of drug-likeness (QED) is 0.723. The fraction of sp³-hybridized carbons (Fsp3) is 0.538. The Bertz CT molecular complexity index is 372. The first-order valence-electron chi connectivity index (χ1n) is 5.85. The van der Waals surface area contributed by atoms with E-state index in [0.29, 0.717) is 5.92 Å². The van der Waals surface area contributed by atoms with Crippen LogP contribution in [0.1, 0.15) is 36.9 Å². The number of carbonyl (C=O) groups is 1. The van der Waals surface area contributed by atoms with E-state index >= 15 is 0 Å². The highest BCUT2D eigenvalue weighted by molar-refractivity contribution is 5.73. The van der Waals surface area contributed by atoms with Crippen LogP contribution in [0.15, 0.2) is 18.3 Å². The molecular formula is C13H18N2O. The molecule has 0 spiro atoms. The molecule has 0 aliphatic carbocycles. The van der Waals surface area contributed by atoms with E-state index in [2.05, 4.69) is 17.1 Å². The van der Waals surface area contributed by atoms with Crippen molar-refractivity contribution in [3.8, 4) is 0 Å². The van der Waals surface area contributed by atoms with E-state index in [9.17, 15) is 4.79 Å². The Kier molecular flexibility index (Phi) is 3.22. The van der Waals surface area contributed by atoms with Crippen molar-refractivity contribution >= 4 is 5.91 Å². The molecule has 2 heterocycles. The molecule has 1 saturated heterocycles. The molecule has 1 aliphatic heterocycles. The lowest BCUT2D eigenvalue weighted by atomic mass is 9.94. The number of carbonyl (C=O) groups excluding carboxylic acids is 1. The lowest BCUT2D eigenvalue weighted by molar-refractivity contribution is -0.130. The van der Waals surface area contributed by atoms with Gasteiger partial charge in [0, 0.05) is 37.8 Å². The predicted molar refractivity (Wildman–Crippen MR) is 63.2 cm³/mol. The summed E-state index contributed by atoms with van der Waals surface area (Å²) in [6.07, 6.45) is 4.13. The zero-order valence-electron chi connectivity index (χ0n) is 9.94. The van der Waals surface area contributed by atoms with Gasteiger partial charge in [0.1, 0.15) is 0 Å². The Morgan fingerprint density at radius 3 is 2.94 bits per heavy atom. The molecular weight excluding hydrogens is 200 g/mol. The molecule has 3 heteroatoms. The molecule has 0 aromatic carbocycles. The van der Waals surface area contributed by atoms with E-state index in [4.69, 9.17) is 0 Å². The van der Waals surface area contributed by atoms with Crippen molar-refractivity contribution in [1.82, 2.24) is 9.88 Å². The molecule has 0 bridgehead atoms. The van der Waals surface area contributed by atoms with Crippen LogP contribution in [0.4, 0.5) is 0 Å². The van der Waals surface area contributed by atoms with Crippen LogP contribution in [0.5, 0.6) is 0 Å². The Morgan fingerprint density at radius 1 is 1.50 bits per heavy atom. The first-order valence-corrected chi connectivity index (χ1v) is 5.85. The lowest BCUT2D eigenvalue weighted by Gasteiger charge is -2.31. The van der Waals surface area contributed by atoms with E-state index in [1.165, 1.54) is 5.56 Å². The molecule has 0 N–H and O–H groups in total. The van der Waals surface area contributed by atoms with Gasteiger partial charge in [-0.3, -0.25) is 9.78 Å². The normalized spacial score (nSPS) is 20.9. The molecule has 1 aromatic rings. The number of aromatic nitrogens is 1. The highest BCUT2D eigenvalue weighted by atomic mass is 16.2. The highest BCUT2D eigenvalue weighted by Gasteiger charge is 2.23. The van der Waals surface area contributed by atoms with Crippen LogP contribution in [0.3, 0.4) is 0 Å². The number of pyridine rings is 1. The van der Waals surface area contributed by atoms with Crippen molar-refractivity contribution in [2.75, 3.05) is 13.1 Å². The van der Waals surface area contributed by atoms with Crippen LogP contribution >= 0.6 is 0 Å². The number of likely N-dealkylation sites (tertiary alicyclic amines) is 1. The van der Waals surface area contributed by atoms with Gasteiger partial charge in [0.15, 0.2) is 0 Å². The molecule has 1 atom stereocenters. The molecule has 0 saturated carbocycles. The third-order valence-electron chi connectivity index (χ3n) is 3.22. The fourth-order valence-electron chi connectivity index (χ4n) is 2.23. The monoisotopic (exact) mass is 218 g/mol. The summed E-state index contributed by atoms with van der Waals surface area (Å²) >= 11 is 0. The first-order chi connectivity index (χ1) is 7.66. The molecule has 16 heavy (non-hydrogen) atoms. The van der Waals surface area contributed by atoms with Gasteiger partial charge in [0.2, 0.25) is 5.91 Å². The van der Waals surface area contributed by atoms with Gasteiger partial charge in [-0.25, -0.2) is 0 Å². The number of amides is 1. The lowest BCUT2D eigenvalue weighted by Crippen LogP contribution is -2.37. The minimum absolute atomic E-state index is 0.178. The van der Waals surface area contributed by atoms with Gasteiger partial charge in [-0.2, -0.15) is 0 Å². The van der Waals surface area contributed by atoms with Gasteiger partial charge >= 0.3 is 0 Å². The van der Waals surface area contributed by atoms with E-state index in [0.717, 1.165) is 31.6 Å². The summed E-state index contributed by atoms with van der Waals surface area (Å²) in [4.78, 5) is 17.7. The Morgan fingerprint density at radius 2 is 2.31 bits per heavy atom. The Hall–Kier alpha value is -1.38. The third-order valence-corrected chi connectivity index (χ3v) is 3.22. The van der Waals surface area contributed by atoms with Gasteiger partial charge in [-0.15, -0.1) is 0 Å². The van der Waals surface area contributed by atoms with Crippen LogP contribution in [-0.4, -0.2) is 28.9 Å². The fourth-order valence-corrected chi connectivity index (χ4v) is 2.23. The SMILES string of the molecule is CC(=O)N1CCC[C@H](c2ccc(C)cn2)C1. The predicted octanol–water partition coefficient (Wildman–Crippen LogP) is 2.12. The zero-order valence-corrected chi connectivity index (χ0v) is 9.94. The molecule has 1 aliphatic rings. The van der Waals surface area contributed by atoms with Gasteiger partial charge in [0.25, 0.3) is 0 Å². The maximum Gasteiger partial charge on any atom is 0.219 e. The number of rotatable bonds is 1. The number of hydrogen-bond acceptors (Lipinski definition) is 2. The highest BCUT2D eigenvalue weighted by Crippen LogP contribution is 2.25. The van der Waals surface area contributed by atoms with Crippen molar-refractivity contribution in [3.63, 3.8) is 0 Å². The summed E-state index contributed by atoms with van der Waals surface area (Å²) in [5.74, 6) is 0.593. The Balaban J connectivity index is 2.09. The first kappa shape index (κ1) is 11.1. The van der Waals surface area contributed by atoms with Crippen molar-refractivity contribution in [2.24, 2.45) is 0 Å². The third kappa shape index (κ3) is 2.40. The van der Waals surface area contributed by atoms with E-state index in [1.807, 2.05) is 18.0 Å². The summed E-state index contributed by atoms with van der Waals surface area (Å²) in [6, 6.07) is 4.18. The number of hydrogen-bond donors (Lipinski definition) is 0. The van der Waals surface area contributed by atoms with E-state index in [1.54, 1.807) is 6.92 Å². The summed E-state index contributed by atoms with van der Waals surface area (Å²) in [6.45, 7) is 5.41. The minimum atomic E-state index is 0.178. The van der Waals surface area contributed by atoms with Gasteiger partial charge in [-0.1, -0.05) is 6.07 Å². The van der Waals surface area contributed by atoms with Crippen molar-refractivity contribution in [3.05, 3.63) is 29.6 Å². The molecule has 0 unspecified atom stereocenters. The number of piperidine rings is 1. The molecule has 1 aromatic heterocycles. The molecule has 0 radical (unpaired) electrons. The van der Waals surface area contributed by atoms with Crippen molar-refractivity contribution in [2.45, 2.75) is 32.6 Å². The maximum absolute atomic E-state index is 11.3. The largest absolute Gasteiger partial charge is 0.342 e. The standard InChI is InChI=1S/C13H18N2O/c1-10-5-6-13(14-8-10)12-4-3-7-15(9-12)11(2)16/h5-6,8,12H,3-4,7,9H2,1-2H3/t12-/m0/s1. The van der Waals surface area contributed by atoms with Crippen LogP contribution < -0.4 is 0 Å². The van der Waals surface area contributed by atoms with Gasteiger partial charge in [-0.05, 0) is 31.4 Å². The van der Waals surface area contributed by atoms with Crippen molar-refractivity contribution < 1.29 is 4.79 Å². The summed E-state index contributed by atoms with van der Waals surface area (Å²) in [5, 5.41) is 0. The van der Waals surface area contributed by atoms with Gasteiger partial charge in [0.05, 0.1) is 0 Å². The topological polar surface area (TPSA) is 33.2 Å². The minimum Gasteiger partial charge on any atom is -0.342 e. The van der Waals surface area contributed by atoms with Gasteiger partial charge < -0.3 is 4.90 Å². The second kappa shape index (κ2) is 4.64. The second-order valence-electron chi connectivity index (χ2n) is 4.56. The molecule has 1 fully saturated rings. The van der Waals surface area contributed by atoms with Crippen LogP contribution in [0.2, 0.25) is 0 Å². The second-order valence-corrected chi connectivity index (χ2v) is 4.56. The summed E-state index contributed by atoms with van der Waals surface area (Å²) in [7, 11) is 0. The number of aryl methyl sites for hydroxylation is 1. The van der Waals surface area contributed by atoms with E-state index in [-0.39, 0.29) is 5.91 Å². The maximum atomic E-state index is 11.3. The average Bonchev–Trinajstić information content (AvgIpc) is 2.30. The van der Waals surface area contributed by atoms with Crippen LogP contribution in [0, 0.1) is 6.92 Å². The smallest absolute Gasteiger partial charge is 0.219 e. The molecule has 86 valence electrons. The molecule has 1 amide bonds. The van der Waals surface area contributed by atoms with Crippen LogP contribution in [0.25, 0.3) is 0 Å². The number of nitrogens with zero attached hydrogens (tertiary/aromatic N) is 2. The Labute approximate surface area is 96.5 Å². The van der Waals surface area contributed by atoms with Crippen molar-refractivity contribution in [1.29, 1.82) is 0 Å². The summed E-state index contributed by atoms with van der Waals surface area (Å²) in [5.41, 5.74) is 2.31. The molecule has 3 nitrogen and oxygen atoms in total. The van der Waals surface area contributed by atoms with E-state index < -0.39 is 0 Å². The average molecular weight is 218 g/mol. The zero-order chi connectivity index (χ0) is 11.5. The summed E-state index contributed by atoms with van der Waals surface area (Å²) < 4.78 is 0. The van der Waals surface area contributed by atoms with Crippen LogP contribution in [-0.2, 0) is 4.79 Å². The molecule has 2 rings (SSSR count).